The van der Waals surface area contributed by atoms with Crippen LogP contribution in [0.2, 0.25) is 0 Å². The fourth-order valence-electron chi connectivity index (χ4n) is 0.770. The standard InChI is InChI=1S/C7H12N4O/c1-5(2)9-7(10-8)6-3-4-12-11-6/h3-5H,8H2,1-2H3,(H,9,10). The number of nitrogens with two attached hydrogens (primary N) is 1. The van der Waals surface area contributed by atoms with Crippen molar-refractivity contribution in [3.05, 3.63) is 18.0 Å². The minimum absolute atomic E-state index is 0.174. The number of hydrogen-bond acceptors (Lipinski definition) is 4. The third-order valence-corrected chi connectivity index (χ3v) is 1.20. The molecule has 0 bridgehead atoms. The Kier molecular flexibility index (Phi) is 2.82. The molecule has 0 spiro atoms. The third kappa shape index (κ3) is 2.06. The highest BCUT2D eigenvalue weighted by Crippen LogP contribution is 1.97. The molecule has 0 aliphatic carbocycles. The lowest BCUT2D eigenvalue weighted by atomic mass is 10.3. The molecule has 0 amide bonds. The Hall–Kier alpha value is -1.36. The van der Waals surface area contributed by atoms with Crippen LogP contribution in [0, 0.1) is 0 Å². The van der Waals surface area contributed by atoms with Crippen molar-refractivity contribution in [1.82, 2.24) is 10.6 Å². The van der Waals surface area contributed by atoms with E-state index in [2.05, 4.69) is 20.1 Å². The van der Waals surface area contributed by atoms with Gasteiger partial charge in [-0.3, -0.25) is 4.99 Å². The highest BCUT2D eigenvalue weighted by molar-refractivity contribution is 5.96. The number of nitrogens with one attached hydrogen (secondary N) is 1. The van der Waals surface area contributed by atoms with E-state index >= 15 is 0 Å². The van der Waals surface area contributed by atoms with E-state index in [1.165, 1.54) is 6.26 Å². The summed E-state index contributed by atoms with van der Waals surface area (Å²) in [6, 6.07) is 1.87. The van der Waals surface area contributed by atoms with Crippen LogP contribution in [0.25, 0.3) is 0 Å². The molecule has 0 fully saturated rings. The monoisotopic (exact) mass is 168 g/mol. The van der Waals surface area contributed by atoms with E-state index in [-0.39, 0.29) is 6.04 Å². The lowest BCUT2D eigenvalue weighted by molar-refractivity contribution is 0.418. The van der Waals surface area contributed by atoms with E-state index in [1.807, 2.05) is 13.8 Å². The summed E-state index contributed by atoms with van der Waals surface area (Å²) in [6.45, 7) is 3.91. The van der Waals surface area contributed by atoms with Crippen LogP contribution in [-0.2, 0) is 0 Å². The van der Waals surface area contributed by atoms with Crippen molar-refractivity contribution in [1.29, 1.82) is 0 Å². The number of hydrogen-bond donors (Lipinski definition) is 2. The Bertz CT molecular complexity index is 252. The van der Waals surface area contributed by atoms with Crippen LogP contribution in [-0.4, -0.2) is 17.0 Å². The quantitative estimate of drug-likeness (QED) is 0.288. The second-order valence-electron chi connectivity index (χ2n) is 2.60. The molecule has 0 aliphatic rings. The lowest BCUT2D eigenvalue weighted by Crippen LogP contribution is -2.32. The highest BCUT2D eigenvalue weighted by atomic mass is 16.5. The zero-order chi connectivity index (χ0) is 8.97. The normalized spacial score (nSPS) is 12.2. The molecule has 12 heavy (non-hydrogen) atoms. The van der Waals surface area contributed by atoms with Crippen LogP contribution in [0.1, 0.15) is 19.5 Å². The topological polar surface area (TPSA) is 76.4 Å². The van der Waals surface area contributed by atoms with Crippen molar-refractivity contribution >= 4 is 5.84 Å². The molecule has 1 aromatic heterocycles. The molecule has 0 atom stereocenters. The molecule has 0 unspecified atom stereocenters. The smallest absolute Gasteiger partial charge is 0.165 e. The second-order valence-corrected chi connectivity index (χ2v) is 2.60. The summed E-state index contributed by atoms with van der Waals surface area (Å²) in [5, 5.41) is 3.69. The Morgan fingerprint density at radius 3 is 2.92 bits per heavy atom. The van der Waals surface area contributed by atoms with Crippen LogP contribution < -0.4 is 11.3 Å². The number of aromatic nitrogens is 1. The summed E-state index contributed by atoms with van der Waals surface area (Å²) in [4.78, 5) is 4.20. The van der Waals surface area contributed by atoms with Crippen molar-refractivity contribution < 1.29 is 4.52 Å². The van der Waals surface area contributed by atoms with Crippen LogP contribution in [0.5, 0.6) is 0 Å². The van der Waals surface area contributed by atoms with Gasteiger partial charge in [0, 0.05) is 12.1 Å². The highest BCUT2D eigenvalue weighted by Gasteiger charge is 2.04. The number of aliphatic imine (C=N–C) groups is 1. The van der Waals surface area contributed by atoms with Crippen LogP contribution in [0.4, 0.5) is 0 Å². The Morgan fingerprint density at radius 1 is 1.75 bits per heavy atom. The van der Waals surface area contributed by atoms with E-state index in [1.54, 1.807) is 6.07 Å². The number of amidine groups is 1. The summed E-state index contributed by atoms with van der Waals surface area (Å²) >= 11 is 0. The Balaban J connectivity index is 2.83. The van der Waals surface area contributed by atoms with Crippen molar-refractivity contribution in [3.63, 3.8) is 0 Å². The van der Waals surface area contributed by atoms with E-state index in [9.17, 15) is 0 Å². The molecule has 0 saturated heterocycles. The molecule has 1 rings (SSSR count). The van der Waals surface area contributed by atoms with Gasteiger partial charge in [-0.2, -0.15) is 0 Å². The Morgan fingerprint density at radius 2 is 2.50 bits per heavy atom. The van der Waals surface area contributed by atoms with Crippen LogP contribution in [0.15, 0.2) is 21.8 Å². The van der Waals surface area contributed by atoms with Crippen molar-refractivity contribution in [2.24, 2.45) is 10.8 Å². The lowest BCUT2D eigenvalue weighted by Gasteiger charge is -2.02. The molecule has 0 aliphatic heterocycles. The summed E-state index contributed by atoms with van der Waals surface area (Å²) in [5.41, 5.74) is 3.08. The maximum atomic E-state index is 5.25. The molecule has 1 aromatic rings. The average Bonchev–Trinajstić information content (AvgIpc) is 2.51. The van der Waals surface area contributed by atoms with Gasteiger partial charge in [-0.25, -0.2) is 5.84 Å². The summed E-state index contributed by atoms with van der Waals surface area (Å²) < 4.78 is 4.65. The number of nitrogens with zero attached hydrogens (tertiary/aromatic N) is 2. The maximum absolute atomic E-state index is 5.25. The largest absolute Gasteiger partial charge is 0.364 e. The molecule has 0 aromatic carbocycles. The fraction of sp³-hybridized carbons (Fsp3) is 0.429. The zero-order valence-electron chi connectivity index (χ0n) is 7.11. The predicted molar refractivity (Wildman–Crippen MR) is 45.5 cm³/mol. The molecule has 3 N–H and O–H groups in total. The molecule has 0 radical (unpaired) electrons. The van der Waals surface area contributed by atoms with Gasteiger partial charge in [-0.15, -0.1) is 0 Å². The van der Waals surface area contributed by atoms with Gasteiger partial charge in [0.05, 0.1) is 0 Å². The summed E-state index contributed by atoms with van der Waals surface area (Å²) in [5.74, 6) is 5.79. The molecule has 66 valence electrons. The average molecular weight is 168 g/mol. The molecule has 0 saturated carbocycles. The first-order valence-electron chi connectivity index (χ1n) is 3.69. The van der Waals surface area contributed by atoms with Crippen LogP contribution in [0.3, 0.4) is 0 Å². The molecular formula is C7H12N4O. The van der Waals surface area contributed by atoms with Gasteiger partial charge in [0.1, 0.15) is 12.0 Å². The molecule has 5 heteroatoms. The van der Waals surface area contributed by atoms with Crippen molar-refractivity contribution in [2.45, 2.75) is 19.9 Å². The summed E-state index contributed by atoms with van der Waals surface area (Å²) in [7, 11) is 0. The molecule has 1 heterocycles. The maximum Gasteiger partial charge on any atom is 0.165 e. The molecular weight excluding hydrogens is 156 g/mol. The first-order valence-corrected chi connectivity index (χ1v) is 3.69. The Labute approximate surface area is 70.6 Å². The van der Waals surface area contributed by atoms with E-state index in [0.29, 0.717) is 11.5 Å². The van der Waals surface area contributed by atoms with E-state index in [4.69, 9.17) is 5.84 Å². The second kappa shape index (κ2) is 3.87. The van der Waals surface area contributed by atoms with Crippen molar-refractivity contribution in [2.75, 3.05) is 0 Å². The van der Waals surface area contributed by atoms with E-state index < -0.39 is 0 Å². The van der Waals surface area contributed by atoms with Crippen LogP contribution >= 0.6 is 0 Å². The van der Waals surface area contributed by atoms with Gasteiger partial charge in [-0.05, 0) is 13.8 Å². The minimum Gasteiger partial charge on any atom is -0.364 e. The minimum atomic E-state index is 0.174. The first kappa shape index (κ1) is 8.73. The predicted octanol–water partition coefficient (Wildman–Crippen LogP) is 0.293. The van der Waals surface area contributed by atoms with Gasteiger partial charge < -0.3 is 9.95 Å². The summed E-state index contributed by atoms with van der Waals surface area (Å²) in [6.07, 6.45) is 1.47. The van der Waals surface area contributed by atoms with E-state index in [0.717, 1.165) is 0 Å². The fourth-order valence-corrected chi connectivity index (χ4v) is 0.770. The van der Waals surface area contributed by atoms with Gasteiger partial charge in [0.15, 0.2) is 5.84 Å². The van der Waals surface area contributed by atoms with Crippen molar-refractivity contribution in [3.8, 4) is 0 Å². The SMILES string of the molecule is CC(C)N=C(NN)c1ccon1. The number of hydrazine groups is 1. The van der Waals surface area contributed by atoms with Gasteiger partial charge in [0.25, 0.3) is 0 Å². The van der Waals surface area contributed by atoms with Gasteiger partial charge >= 0.3 is 0 Å². The van der Waals surface area contributed by atoms with Gasteiger partial charge in [-0.1, -0.05) is 5.16 Å². The first-order chi connectivity index (χ1) is 5.74. The molecule has 5 nitrogen and oxygen atoms in total. The number of rotatable bonds is 2. The zero-order valence-corrected chi connectivity index (χ0v) is 7.11. The van der Waals surface area contributed by atoms with Gasteiger partial charge in [0.2, 0.25) is 0 Å². The third-order valence-electron chi connectivity index (χ3n) is 1.20.